The number of aryl methyl sites for hydroxylation is 2. The molecule has 0 saturated heterocycles. The van der Waals surface area contributed by atoms with Crippen molar-refractivity contribution in [2.45, 2.75) is 26.8 Å². The second-order valence-electron chi connectivity index (χ2n) is 4.90. The van der Waals surface area contributed by atoms with Gasteiger partial charge in [-0.2, -0.15) is 0 Å². The van der Waals surface area contributed by atoms with Gasteiger partial charge in [-0.1, -0.05) is 36.4 Å². The Balaban J connectivity index is 2.10. The molecule has 19 heavy (non-hydrogen) atoms. The number of amides is 1. The second-order valence-corrected chi connectivity index (χ2v) is 4.90. The van der Waals surface area contributed by atoms with Crippen LogP contribution in [-0.4, -0.2) is 5.91 Å². The standard InChI is InChI=1S/C17H19NO/c1-12-9-10-16(11-13(12)2)14(3)18-17(19)15-7-5-4-6-8-15/h4-11,14H,1-3H3,(H,18,19)/t14-/m1/s1. The lowest BCUT2D eigenvalue weighted by Crippen LogP contribution is -2.26. The fourth-order valence-corrected chi connectivity index (χ4v) is 1.99. The summed E-state index contributed by atoms with van der Waals surface area (Å²) in [6, 6.07) is 15.6. The number of carbonyl (C=O) groups excluding carboxylic acids is 1. The van der Waals surface area contributed by atoms with E-state index in [0.29, 0.717) is 5.56 Å². The number of benzene rings is 2. The van der Waals surface area contributed by atoms with E-state index in [1.54, 1.807) is 0 Å². The Kier molecular flexibility index (Phi) is 4.00. The van der Waals surface area contributed by atoms with Gasteiger partial charge in [0.2, 0.25) is 0 Å². The first-order valence-electron chi connectivity index (χ1n) is 6.51. The molecular formula is C17H19NO. The van der Waals surface area contributed by atoms with Gasteiger partial charge in [0, 0.05) is 5.56 Å². The van der Waals surface area contributed by atoms with Gasteiger partial charge in [-0.15, -0.1) is 0 Å². The summed E-state index contributed by atoms with van der Waals surface area (Å²) in [4.78, 5) is 12.1. The molecule has 1 N–H and O–H groups in total. The van der Waals surface area contributed by atoms with Crippen molar-refractivity contribution in [3.8, 4) is 0 Å². The molecule has 0 aliphatic rings. The average molecular weight is 253 g/mol. The van der Waals surface area contributed by atoms with Crippen LogP contribution in [0.3, 0.4) is 0 Å². The molecule has 0 saturated carbocycles. The molecule has 0 fully saturated rings. The predicted molar refractivity (Wildman–Crippen MR) is 78.2 cm³/mol. The molecule has 0 unspecified atom stereocenters. The molecule has 0 bridgehead atoms. The highest BCUT2D eigenvalue weighted by molar-refractivity contribution is 5.94. The average Bonchev–Trinajstić information content (AvgIpc) is 2.42. The highest BCUT2D eigenvalue weighted by Crippen LogP contribution is 2.17. The molecule has 2 rings (SSSR count). The summed E-state index contributed by atoms with van der Waals surface area (Å²) in [5, 5.41) is 3.02. The minimum Gasteiger partial charge on any atom is -0.346 e. The van der Waals surface area contributed by atoms with Gasteiger partial charge in [-0.25, -0.2) is 0 Å². The van der Waals surface area contributed by atoms with Crippen molar-refractivity contribution in [1.29, 1.82) is 0 Å². The van der Waals surface area contributed by atoms with E-state index >= 15 is 0 Å². The van der Waals surface area contributed by atoms with Crippen molar-refractivity contribution in [2.75, 3.05) is 0 Å². The van der Waals surface area contributed by atoms with Gasteiger partial charge in [0.05, 0.1) is 6.04 Å². The van der Waals surface area contributed by atoms with E-state index in [1.807, 2.05) is 37.3 Å². The zero-order chi connectivity index (χ0) is 13.8. The first-order valence-corrected chi connectivity index (χ1v) is 6.51. The van der Waals surface area contributed by atoms with Crippen LogP contribution in [0.4, 0.5) is 0 Å². The van der Waals surface area contributed by atoms with Crippen LogP contribution in [0.2, 0.25) is 0 Å². The Morgan fingerprint density at radius 2 is 1.68 bits per heavy atom. The first-order chi connectivity index (χ1) is 9.08. The maximum atomic E-state index is 12.1. The normalized spacial score (nSPS) is 11.9. The van der Waals surface area contributed by atoms with Gasteiger partial charge < -0.3 is 5.32 Å². The van der Waals surface area contributed by atoms with E-state index in [2.05, 4.69) is 37.4 Å². The lowest BCUT2D eigenvalue weighted by Gasteiger charge is -2.15. The summed E-state index contributed by atoms with van der Waals surface area (Å²) in [7, 11) is 0. The highest BCUT2D eigenvalue weighted by Gasteiger charge is 2.11. The fraction of sp³-hybridized carbons (Fsp3) is 0.235. The van der Waals surface area contributed by atoms with Gasteiger partial charge >= 0.3 is 0 Å². The molecule has 1 atom stereocenters. The van der Waals surface area contributed by atoms with Gasteiger partial charge in [0.25, 0.3) is 5.91 Å². The zero-order valence-corrected chi connectivity index (χ0v) is 11.6. The number of hydrogen-bond donors (Lipinski definition) is 1. The summed E-state index contributed by atoms with van der Waals surface area (Å²) >= 11 is 0. The minimum atomic E-state index is -0.0358. The summed E-state index contributed by atoms with van der Waals surface area (Å²) in [6.07, 6.45) is 0. The minimum absolute atomic E-state index is 0.00649. The first kappa shape index (κ1) is 13.3. The Morgan fingerprint density at radius 1 is 1.00 bits per heavy atom. The molecule has 2 aromatic rings. The summed E-state index contributed by atoms with van der Waals surface area (Å²) in [6.45, 7) is 6.18. The van der Waals surface area contributed by atoms with Crippen LogP contribution >= 0.6 is 0 Å². The monoisotopic (exact) mass is 253 g/mol. The van der Waals surface area contributed by atoms with E-state index < -0.39 is 0 Å². The van der Waals surface area contributed by atoms with E-state index in [1.165, 1.54) is 11.1 Å². The number of hydrogen-bond acceptors (Lipinski definition) is 1. The van der Waals surface area contributed by atoms with Gasteiger partial charge in [-0.3, -0.25) is 4.79 Å². The molecule has 2 heteroatoms. The van der Waals surface area contributed by atoms with Crippen molar-refractivity contribution in [1.82, 2.24) is 5.32 Å². The molecule has 2 nitrogen and oxygen atoms in total. The third-order valence-corrected chi connectivity index (χ3v) is 3.41. The number of carbonyl (C=O) groups is 1. The quantitative estimate of drug-likeness (QED) is 0.885. The Hall–Kier alpha value is -2.09. The zero-order valence-electron chi connectivity index (χ0n) is 11.6. The molecule has 0 aromatic heterocycles. The number of nitrogens with one attached hydrogen (secondary N) is 1. The summed E-state index contributed by atoms with van der Waals surface area (Å²) in [5.41, 5.74) is 4.34. The van der Waals surface area contributed by atoms with Crippen LogP contribution in [0.15, 0.2) is 48.5 Å². The Labute approximate surface area is 114 Å². The van der Waals surface area contributed by atoms with Crippen molar-refractivity contribution >= 4 is 5.91 Å². The van der Waals surface area contributed by atoms with E-state index in [4.69, 9.17) is 0 Å². The lowest BCUT2D eigenvalue weighted by molar-refractivity contribution is 0.0940. The van der Waals surface area contributed by atoms with E-state index in [-0.39, 0.29) is 11.9 Å². The lowest BCUT2D eigenvalue weighted by atomic mass is 10.0. The Morgan fingerprint density at radius 3 is 2.32 bits per heavy atom. The topological polar surface area (TPSA) is 29.1 Å². The fourth-order valence-electron chi connectivity index (χ4n) is 1.99. The molecule has 0 spiro atoms. The molecule has 0 radical (unpaired) electrons. The van der Waals surface area contributed by atoms with Crippen LogP contribution in [0.1, 0.15) is 40.0 Å². The van der Waals surface area contributed by atoms with Crippen LogP contribution in [0, 0.1) is 13.8 Å². The predicted octanol–water partition coefficient (Wildman–Crippen LogP) is 3.79. The van der Waals surface area contributed by atoms with Crippen LogP contribution in [0.25, 0.3) is 0 Å². The molecule has 0 aliphatic heterocycles. The highest BCUT2D eigenvalue weighted by atomic mass is 16.1. The third-order valence-electron chi connectivity index (χ3n) is 3.41. The molecule has 0 aliphatic carbocycles. The van der Waals surface area contributed by atoms with Crippen molar-refractivity contribution in [3.63, 3.8) is 0 Å². The SMILES string of the molecule is Cc1ccc([C@@H](C)NC(=O)c2ccccc2)cc1C. The maximum absolute atomic E-state index is 12.1. The second kappa shape index (κ2) is 5.70. The van der Waals surface area contributed by atoms with E-state index in [9.17, 15) is 4.79 Å². The third kappa shape index (κ3) is 3.22. The van der Waals surface area contributed by atoms with E-state index in [0.717, 1.165) is 5.56 Å². The summed E-state index contributed by atoms with van der Waals surface area (Å²) < 4.78 is 0. The van der Waals surface area contributed by atoms with Crippen LogP contribution in [-0.2, 0) is 0 Å². The van der Waals surface area contributed by atoms with Crippen LogP contribution in [0.5, 0.6) is 0 Å². The molecule has 0 heterocycles. The van der Waals surface area contributed by atoms with Crippen molar-refractivity contribution < 1.29 is 4.79 Å². The van der Waals surface area contributed by atoms with Gasteiger partial charge in [-0.05, 0) is 49.6 Å². The van der Waals surface area contributed by atoms with Crippen molar-refractivity contribution in [2.24, 2.45) is 0 Å². The largest absolute Gasteiger partial charge is 0.346 e. The maximum Gasteiger partial charge on any atom is 0.251 e. The molecule has 2 aromatic carbocycles. The summed E-state index contributed by atoms with van der Waals surface area (Å²) in [5.74, 6) is -0.0358. The van der Waals surface area contributed by atoms with Crippen molar-refractivity contribution in [3.05, 3.63) is 70.8 Å². The molecule has 98 valence electrons. The van der Waals surface area contributed by atoms with Crippen LogP contribution < -0.4 is 5.32 Å². The molecular weight excluding hydrogens is 234 g/mol. The smallest absolute Gasteiger partial charge is 0.251 e. The number of rotatable bonds is 3. The van der Waals surface area contributed by atoms with Gasteiger partial charge in [0.1, 0.15) is 0 Å². The Bertz CT molecular complexity index is 575. The van der Waals surface area contributed by atoms with Gasteiger partial charge in [0.15, 0.2) is 0 Å². The molecule has 1 amide bonds.